The van der Waals surface area contributed by atoms with Crippen LogP contribution in [0, 0.1) is 5.92 Å². The average Bonchev–Trinajstić information content (AvgIpc) is 2.20. The number of amides is 1. The predicted molar refractivity (Wildman–Crippen MR) is 51.6 cm³/mol. The highest BCUT2D eigenvalue weighted by Gasteiger charge is 2.23. The Bertz CT molecular complexity index is 317. The Kier molecular flexibility index (Phi) is 3.09. The van der Waals surface area contributed by atoms with Crippen LogP contribution in [0.15, 0.2) is 36.1 Å². The van der Waals surface area contributed by atoms with E-state index in [1.165, 1.54) is 7.11 Å². The van der Waals surface area contributed by atoms with Crippen LogP contribution in [0.4, 0.5) is 4.79 Å². The Morgan fingerprint density at radius 2 is 2.36 bits per heavy atom. The first kappa shape index (κ1) is 10.5. The van der Waals surface area contributed by atoms with Crippen molar-refractivity contribution in [1.29, 1.82) is 0 Å². The highest BCUT2D eigenvalue weighted by atomic mass is 16.6. The summed E-state index contributed by atoms with van der Waals surface area (Å²) in [5, 5.41) is 9.95. The molecule has 1 N–H and O–H groups in total. The predicted octanol–water partition coefficient (Wildman–Crippen LogP) is 2.09. The number of carbonyl (C=O) groups is 1. The molecule has 0 saturated heterocycles. The fraction of sp³-hybridized carbons (Fsp3) is 0.300. The Hall–Kier alpha value is -1.55. The largest absolute Gasteiger partial charge is 0.451 e. The van der Waals surface area contributed by atoms with E-state index in [0.29, 0.717) is 10.8 Å². The smallest absolute Gasteiger partial charge is 0.438 e. The summed E-state index contributed by atoms with van der Waals surface area (Å²) < 4.78 is 4.39. The summed E-state index contributed by atoms with van der Waals surface area (Å²) in [6.07, 6.45) is 4.41. The number of methoxy groups -OCH3 is 1. The molecule has 14 heavy (non-hydrogen) atoms. The van der Waals surface area contributed by atoms with Crippen LogP contribution in [0.3, 0.4) is 0 Å². The van der Waals surface area contributed by atoms with Gasteiger partial charge in [-0.2, -0.15) is 5.06 Å². The third-order valence-corrected chi connectivity index (χ3v) is 2.17. The van der Waals surface area contributed by atoms with E-state index in [1.807, 2.05) is 13.0 Å². The molecular formula is C10H13NO3. The van der Waals surface area contributed by atoms with Gasteiger partial charge in [0.05, 0.1) is 12.8 Å². The number of nitrogens with zero attached hydrogens (tertiary/aromatic N) is 1. The van der Waals surface area contributed by atoms with Gasteiger partial charge in [-0.25, -0.2) is 4.79 Å². The maximum absolute atomic E-state index is 11.0. The molecule has 0 fully saturated rings. The van der Waals surface area contributed by atoms with Crippen molar-refractivity contribution in [3.63, 3.8) is 0 Å². The van der Waals surface area contributed by atoms with Crippen molar-refractivity contribution < 1.29 is 14.7 Å². The summed E-state index contributed by atoms with van der Waals surface area (Å²) in [6, 6.07) is 0. The van der Waals surface area contributed by atoms with Gasteiger partial charge in [-0.3, -0.25) is 5.21 Å². The molecule has 4 heteroatoms. The highest BCUT2D eigenvalue weighted by Crippen LogP contribution is 2.25. The van der Waals surface area contributed by atoms with Crippen molar-refractivity contribution in [3.05, 3.63) is 36.1 Å². The third kappa shape index (κ3) is 1.85. The summed E-state index contributed by atoms with van der Waals surface area (Å²) in [6.45, 7) is 5.65. The van der Waals surface area contributed by atoms with E-state index in [-0.39, 0.29) is 5.92 Å². The highest BCUT2D eigenvalue weighted by molar-refractivity contribution is 5.68. The second kappa shape index (κ2) is 4.11. The van der Waals surface area contributed by atoms with E-state index in [1.54, 1.807) is 12.2 Å². The zero-order valence-electron chi connectivity index (χ0n) is 8.23. The zero-order chi connectivity index (χ0) is 10.7. The first-order chi connectivity index (χ1) is 6.57. The van der Waals surface area contributed by atoms with Gasteiger partial charge < -0.3 is 4.74 Å². The van der Waals surface area contributed by atoms with Crippen LogP contribution in [0.2, 0.25) is 0 Å². The van der Waals surface area contributed by atoms with Gasteiger partial charge >= 0.3 is 6.09 Å². The van der Waals surface area contributed by atoms with Gasteiger partial charge in [0.2, 0.25) is 0 Å². The van der Waals surface area contributed by atoms with Crippen LogP contribution in [-0.4, -0.2) is 23.5 Å². The standard InChI is InChI=1S/C10H13NO3/c1-7-5-4-6-9(8(7)2)11(13)10(12)14-3/h4-6,8,13H,1H2,2-3H3. The second-order valence-corrected chi connectivity index (χ2v) is 3.03. The molecule has 1 amide bonds. The number of carbonyl (C=O) groups excluding carboxylic acids is 1. The Morgan fingerprint density at radius 1 is 1.71 bits per heavy atom. The van der Waals surface area contributed by atoms with Gasteiger partial charge in [0, 0.05) is 5.92 Å². The molecule has 1 aliphatic rings. The van der Waals surface area contributed by atoms with Gasteiger partial charge in [-0.15, -0.1) is 0 Å². The van der Waals surface area contributed by atoms with Crippen molar-refractivity contribution in [2.45, 2.75) is 6.92 Å². The molecule has 0 aromatic rings. The van der Waals surface area contributed by atoms with Crippen LogP contribution in [0.5, 0.6) is 0 Å². The molecule has 0 aromatic carbocycles. The lowest BCUT2D eigenvalue weighted by Crippen LogP contribution is -2.30. The monoisotopic (exact) mass is 195 g/mol. The van der Waals surface area contributed by atoms with E-state index in [2.05, 4.69) is 11.3 Å². The average molecular weight is 195 g/mol. The molecule has 1 atom stereocenters. The van der Waals surface area contributed by atoms with Gasteiger partial charge in [0.25, 0.3) is 0 Å². The molecule has 0 bridgehead atoms. The molecule has 0 spiro atoms. The SMILES string of the molecule is C=C1C=CC=C(N(O)C(=O)OC)C1C. The normalized spacial score (nSPS) is 20.4. The maximum Gasteiger partial charge on any atom is 0.438 e. The molecule has 1 rings (SSSR count). The summed E-state index contributed by atoms with van der Waals surface area (Å²) in [7, 11) is 1.21. The molecular weight excluding hydrogens is 182 g/mol. The summed E-state index contributed by atoms with van der Waals surface area (Å²) in [5.41, 5.74) is 1.30. The maximum atomic E-state index is 11.0. The Labute approximate surface area is 82.7 Å². The Morgan fingerprint density at radius 3 is 2.93 bits per heavy atom. The van der Waals surface area contributed by atoms with E-state index in [0.717, 1.165) is 5.57 Å². The fourth-order valence-electron chi connectivity index (χ4n) is 1.19. The van der Waals surface area contributed by atoms with Gasteiger partial charge in [0.15, 0.2) is 0 Å². The minimum atomic E-state index is -0.800. The van der Waals surface area contributed by atoms with E-state index >= 15 is 0 Å². The van der Waals surface area contributed by atoms with Crippen molar-refractivity contribution in [2.24, 2.45) is 5.92 Å². The topological polar surface area (TPSA) is 49.8 Å². The number of ether oxygens (including phenoxy) is 1. The first-order valence-electron chi connectivity index (χ1n) is 4.22. The molecule has 0 aliphatic heterocycles. The molecule has 1 aliphatic carbocycles. The van der Waals surface area contributed by atoms with Gasteiger partial charge in [-0.05, 0) is 11.6 Å². The molecule has 76 valence electrons. The van der Waals surface area contributed by atoms with Crippen molar-refractivity contribution in [3.8, 4) is 0 Å². The molecule has 4 nitrogen and oxygen atoms in total. The van der Waals surface area contributed by atoms with Crippen LogP contribution < -0.4 is 0 Å². The minimum Gasteiger partial charge on any atom is -0.451 e. The number of hydrogen-bond acceptors (Lipinski definition) is 3. The van der Waals surface area contributed by atoms with E-state index in [4.69, 9.17) is 0 Å². The fourth-order valence-corrected chi connectivity index (χ4v) is 1.19. The third-order valence-electron chi connectivity index (χ3n) is 2.17. The molecule has 0 saturated carbocycles. The summed E-state index contributed by atoms with van der Waals surface area (Å²) in [4.78, 5) is 11.0. The van der Waals surface area contributed by atoms with Crippen molar-refractivity contribution in [1.82, 2.24) is 5.06 Å². The number of allylic oxidation sites excluding steroid dienone is 4. The van der Waals surface area contributed by atoms with Crippen LogP contribution in [0.1, 0.15) is 6.92 Å². The molecule has 1 unspecified atom stereocenters. The van der Waals surface area contributed by atoms with Crippen molar-refractivity contribution in [2.75, 3.05) is 7.11 Å². The lowest BCUT2D eigenvalue weighted by atomic mass is 9.94. The molecule has 0 aromatic heterocycles. The summed E-state index contributed by atoms with van der Waals surface area (Å²) in [5.74, 6) is -0.0934. The van der Waals surface area contributed by atoms with E-state index in [9.17, 15) is 10.0 Å². The minimum absolute atomic E-state index is 0.0934. The van der Waals surface area contributed by atoms with Gasteiger partial charge in [0.1, 0.15) is 0 Å². The summed E-state index contributed by atoms with van der Waals surface area (Å²) >= 11 is 0. The second-order valence-electron chi connectivity index (χ2n) is 3.03. The lowest BCUT2D eigenvalue weighted by Gasteiger charge is -2.24. The van der Waals surface area contributed by atoms with Crippen LogP contribution >= 0.6 is 0 Å². The number of hydrogen-bond donors (Lipinski definition) is 1. The zero-order valence-corrected chi connectivity index (χ0v) is 8.23. The molecule has 0 heterocycles. The van der Waals surface area contributed by atoms with Crippen LogP contribution in [-0.2, 0) is 4.74 Å². The van der Waals surface area contributed by atoms with Gasteiger partial charge in [-0.1, -0.05) is 25.7 Å². The Balaban J connectivity index is 2.87. The van der Waals surface area contributed by atoms with E-state index < -0.39 is 6.09 Å². The van der Waals surface area contributed by atoms with Crippen LogP contribution in [0.25, 0.3) is 0 Å². The number of rotatable bonds is 1. The molecule has 0 radical (unpaired) electrons. The quantitative estimate of drug-likeness (QED) is 0.515. The van der Waals surface area contributed by atoms with Crippen molar-refractivity contribution >= 4 is 6.09 Å². The number of hydroxylamine groups is 2. The first-order valence-corrected chi connectivity index (χ1v) is 4.22. The lowest BCUT2D eigenvalue weighted by molar-refractivity contribution is -0.0456.